The lowest BCUT2D eigenvalue weighted by atomic mass is 10.0. The maximum absolute atomic E-state index is 13.9. The molecule has 0 spiro atoms. The molecule has 0 saturated heterocycles. The van der Waals surface area contributed by atoms with Gasteiger partial charge in [0.2, 0.25) is 0 Å². The van der Waals surface area contributed by atoms with E-state index < -0.39 is 36.9 Å². The van der Waals surface area contributed by atoms with E-state index in [-0.39, 0.29) is 6.54 Å². The van der Waals surface area contributed by atoms with Gasteiger partial charge in [0.25, 0.3) is 15.7 Å². The molecule has 0 unspecified atom stereocenters. The lowest BCUT2D eigenvalue weighted by molar-refractivity contribution is -0.388. The van der Waals surface area contributed by atoms with E-state index in [0.717, 1.165) is 31.0 Å². The third-order valence-electron chi connectivity index (χ3n) is 3.71. The molecule has 21 heavy (non-hydrogen) atoms. The summed E-state index contributed by atoms with van der Waals surface area (Å²) < 4.78 is 41.0. The molecule has 1 aromatic carbocycles. The first kappa shape index (κ1) is 15.8. The van der Waals surface area contributed by atoms with Crippen LogP contribution in [0, 0.1) is 15.9 Å². The Hall–Kier alpha value is -1.58. The number of benzene rings is 1. The Morgan fingerprint density at radius 3 is 2.52 bits per heavy atom. The molecule has 0 heterocycles. The summed E-state index contributed by atoms with van der Waals surface area (Å²) in [5, 5.41) is 10.9. The predicted molar refractivity (Wildman–Crippen MR) is 73.6 cm³/mol. The van der Waals surface area contributed by atoms with E-state index in [0.29, 0.717) is 12.8 Å². The molecule has 1 aliphatic carbocycles. The normalized spacial score (nSPS) is 17.8. The van der Waals surface area contributed by atoms with E-state index in [9.17, 15) is 22.9 Å². The molecule has 0 bridgehead atoms. The Morgan fingerprint density at radius 2 is 2.00 bits per heavy atom. The zero-order valence-electron chi connectivity index (χ0n) is 11.2. The number of nitrogens with one attached hydrogen (secondary N) is 1. The number of nitrogens with two attached hydrogens (primary N) is 1. The van der Waals surface area contributed by atoms with Gasteiger partial charge in [-0.3, -0.25) is 10.1 Å². The summed E-state index contributed by atoms with van der Waals surface area (Å²) in [4.78, 5) is 9.08. The van der Waals surface area contributed by atoms with Crippen LogP contribution in [0.2, 0.25) is 0 Å². The molecular weight excluding hydrogens is 301 g/mol. The van der Waals surface area contributed by atoms with E-state index in [4.69, 9.17) is 5.73 Å². The van der Waals surface area contributed by atoms with Crippen molar-refractivity contribution < 1.29 is 17.7 Å². The Bertz CT molecular complexity index is 656. The SMILES string of the molecule is NCC1(NS(=O)(=O)c2c(F)cccc2[N+](=O)[O-])CCCC1. The fourth-order valence-corrected chi connectivity index (χ4v) is 4.35. The second-order valence-corrected chi connectivity index (χ2v) is 6.76. The highest BCUT2D eigenvalue weighted by Gasteiger charge is 2.40. The van der Waals surface area contributed by atoms with Crippen LogP contribution in [-0.2, 0) is 10.0 Å². The second kappa shape index (κ2) is 5.66. The second-order valence-electron chi connectivity index (χ2n) is 5.14. The molecule has 0 aliphatic heterocycles. The minimum absolute atomic E-state index is 0.0640. The maximum Gasteiger partial charge on any atom is 0.292 e. The number of nitro groups is 1. The minimum atomic E-state index is -4.37. The zero-order chi connectivity index (χ0) is 15.7. The molecule has 1 fully saturated rings. The van der Waals surface area contributed by atoms with Crippen molar-refractivity contribution in [1.82, 2.24) is 4.72 Å². The Balaban J connectivity index is 2.47. The molecule has 0 amide bonds. The van der Waals surface area contributed by atoms with Crippen molar-refractivity contribution in [3.8, 4) is 0 Å². The highest BCUT2D eigenvalue weighted by atomic mass is 32.2. The predicted octanol–water partition coefficient (Wildman–Crippen LogP) is 1.28. The molecule has 0 aromatic heterocycles. The maximum atomic E-state index is 13.9. The van der Waals surface area contributed by atoms with Crippen LogP contribution in [0.1, 0.15) is 25.7 Å². The van der Waals surface area contributed by atoms with E-state index in [1.54, 1.807) is 0 Å². The van der Waals surface area contributed by atoms with Crippen LogP contribution in [0.5, 0.6) is 0 Å². The van der Waals surface area contributed by atoms with Gasteiger partial charge in [-0.05, 0) is 18.9 Å². The van der Waals surface area contributed by atoms with Crippen LogP contribution in [0.15, 0.2) is 23.1 Å². The minimum Gasteiger partial charge on any atom is -0.329 e. The molecule has 3 N–H and O–H groups in total. The average Bonchev–Trinajstić information content (AvgIpc) is 2.86. The standard InChI is InChI=1S/C12H16FN3O4S/c13-9-4-3-5-10(16(17)18)11(9)21(19,20)15-12(8-14)6-1-2-7-12/h3-5,15H,1-2,6-8,14H2. The molecule has 1 saturated carbocycles. The zero-order valence-corrected chi connectivity index (χ0v) is 12.0. The topological polar surface area (TPSA) is 115 Å². The number of hydrogen-bond acceptors (Lipinski definition) is 5. The van der Waals surface area contributed by atoms with Crippen molar-refractivity contribution in [1.29, 1.82) is 0 Å². The molecule has 7 nitrogen and oxygen atoms in total. The van der Waals surface area contributed by atoms with Crippen LogP contribution in [0.3, 0.4) is 0 Å². The summed E-state index contributed by atoms with van der Waals surface area (Å²) in [5.74, 6) is -1.15. The van der Waals surface area contributed by atoms with Gasteiger partial charge in [-0.25, -0.2) is 17.5 Å². The fraction of sp³-hybridized carbons (Fsp3) is 0.500. The Morgan fingerprint density at radius 1 is 1.38 bits per heavy atom. The van der Waals surface area contributed by atoms with Gasteiger partial charge in [0.15, 0.2) is 4.90 Å². The third-order valence-corrected chi connectivity index (χ3v) is 5.36. The summed E-state index contributed by atoms with van der Waals surface area (Å²) in [7, 11) is -4.37. The van der Waals surface area contributed by atoms with Gasteiger partial charge in [-0.2, -0.15) is 0 Å². The first-order valence-corrected chi connectivity index (χ1v) is 7.97. The summed E-state index contributed by atoms with van der Waals surface area (Å²) in [5.41, 5.74) is 4.00. The molecular formula is C12H16FN3O4S. The third kappa shape index (κ3) is 3.04. The van der Waals surface area contributed by atoms with Crippen molar-refractivity contribution in [2.45, 2.75) is 36.1 Å². The largest absolute Gasteiger partial charge is 0.329 e. The van der Waals surface area contributed by atoms with Crippen LogP contribution in [0.4, 0.5) is 10.1 Å². The summed E-state index contributed by atoms with van der Waals surface area (Å²) in [6, 6.07) is 2.94. The van der Waals surface area contributed by atoms with Gasteiger partial charge in [-0.1, -0.05) is 18.9 Å². The van der Waals surface area contributed by atoms with E-state index in [1.807, 2.05) is 0 Å². The number of hydrogen-bond donors (Lipinski definition) is 2. The van der Waals surface area contributed by atoms with Gasteiger partial charge < -0.3 is 5.73 Å². The Kier molecular flexibility index (Phi) is 4.26. The molecule has 0 atom stereocenters. The monoisotopic (exact) mass is 317 g/mol. The van der Waals surface area contributed by atoms with Crippen LogP contribution in [0.25, 0.3) is 0 Å². The highest BCUT2D eigenvalue weighted by Crippen LogP contribution is 2.33. The molecule has 9 heteroatoms. The fourth-order valence-electron chi connectivity index (χ4n) is 2.64. The average molecular weight is 317 g/mol. The Labute approximate surface area is 121 Å². The van der Waals surface area contributed by atoms with E-state index >= 15 is 0 Å². The van der Waals surface area contributed by atoms with Gasteiger partial charge in [0.1, 0.15) is 5.82 Å². The smallest absolute Gasteiger partial charge is 0.292 e. The first-order chi connectivity index (χ1) is 9.81. The number of nitrogens with zero attached hydrogens (tertiary/aromatic N) is 1. The van der Waals surface area contributed by atoms with Gasteiger partial charge in [0, 0.05) is 18.2 Å². The van der Waals surface area contributed by atoms with E-state index in [2.05, 4.69) is 4.72 Å². The van der Waals surface area contributed by atoms with Crippen molar-refractivity contribution >= 4 is 15.7 Å². The summed E-state index contributed by atoms with van der Waals surface area (Å²) in [6.07, 6.45) is 2.67. The molecule has 116 valence electrons. The van der Waals surface area contributed by atoms with Crippen molar-refractivity contribution in [2.24, 2.45) is 5.73 Å². The van der Waals surface area contributed by atoms with Crippen LogP contribution >= 0.6 is 0 Å². The number of halogens is 1. The van der Waals surface area contributed by atoms with Crippen molar-refractivity contribution in [2.75, 3.05) is 6.54 Å². The highest BCUT2D eigenvalue weighted by molar-refractivity contribution is 7.89. The molecule has 2 rings (SSSR count). The lowest BCUT2D eigenvalue weighted by Crippen LogP contribution is -2.51. The number of rotatable bonds is 5. The summed E-state index contributed by atoms with van der Waals surface area (Å²) >= 11 is 0. The first-order valence-electron chi connectivity index (χ1n) is 6.48. The summed E-state index contributed by atoms with van der Waals surface area (Å²) in [6.45, 7) is 0.0640. The van der Waals surface area contributed by atoms with Crippen molar-refractivity contribution in [3.63, 3.8) is 0 Å². The van der Waals surface area contributed by atoms with Crippen LogP contribution < -0.4 is 10.5 Å². The quantitative estimate of drug-likeness (QED) is 0.627. The number of nitro benzene ring substituents is 1. The van der Waals surface area contributed by atoms with Gasteiger partial charge >= 0.3 is 0 Å². The van der Waals surface area contributed by atoms with Gasteiger partial charge in [0.05, 0.1) is 4.92 Å². The van der Waals surface area contributed by atoms with E-state index in [1.165, 1.54) is 0 Å². The molecule has 1 aliphatic rings. The number of sulfonamides is 1. The van der Waals surface area contributed by atoms with Gasteiger partial charge in [-0.15, -0.1) is 0 Å². The molecule has 0 radical (unpaired) electrons. The van der Waals surface area contributed by atoms with Crippen LogP contribution in [-0.4, -0.2) is 25.4 Å². The lowest BCUT2D eigenvalue weighted by Gasteiger charge is -2.28. The van der Waals surface area contributed by atoms with Crippen molar-refractivity contribution in [3.05, 3.63) is 34.1 Å². The molecule has 1 aromatic rings.